The maximum absolute atomic E-state index is 5.48. The molecule has 0 aromatic rings. The molecule has 0 saturated heterocycles. The summed E-state index contributed by atoms with van der Waals surface area (Å²) in [7, 11) is 0. The largest absolute Gasteiger partial charge is 0.120 e. The summed E-state index contributed by atoms with van der Waals surface area (Å²) in [4.78, 5) is 0. The molecule has 0 N–H and O–H groups in total. The molecule has 0 heterocycles. The van der Waals surface area contributed by atoms with Crippen molar-refractivity contribution in [2.24, 2.45) is 23.7 Å². The molecule has 0 bridgehead atoms. The smallest absolute Gasteiger partial charge is 0.0203 e. The van der Waals surface area contributed by atoms with Crippen LogP contribution in [-0.2, 0) is 0 Å². The first-order valence-electron chi connectivity index (χ1n) is 6.79. The molecule has 0 heteroatoms. The highest BCUT2D eigenvalue weighted by Crippen LogP contribution is 2.27. The highest BCUT2D eigenvalue weighted by Gasteiger charge is 2.16. The third kappa shape index (κ3) is 4.05. The zero-order valence-corrected chi connectivity index (χ0v) is 11.1. The maximum Gasteiger partial charge on any atom is 0.0203 e. The highest BCUT2D eigenvalue weighted by atomic mass is 14.2. The molecular weight excluding hydrogens is 192 g/mol. The molecule has 1 fully saturated rings. The number of terminal acetylenes is 1. The quantitative estimate of drug-likeness (QED) is 0.475. The first-order chi connectivity index (χ1) is 7.65. The Kier molecular flexibility index (Phi) is 5.67. The van der Waals surface area contributed by atoms with E-state index >= 15 is 0 Å². The second-order valence-corrected chi connectivity index (χ2v) is 5.46. The average Bonchev–Trinajstić information content (AvgIpc) is 2.35. The van der Waals surface area contributed by atoms with E-state index in [1.165, 1.54) is 32.1 Å². The van der Waals surface area contributed by atoms with Crippen LogP contribution in [0.15, 0.2) is 12.2 Å². The average molecular weight is 218 g/mol. The fraction of sp³-hybridized carbons (Fsp3) is 0.750. The Hall–Kier alpha value is -0.700. The summed E-state index contributed by atoms with van der Waals surface area (Å²) >= 11 is 0. The van der Waals surface area contributed by atoms with E-state index in [0.717, 1.165) is 5.92 Å². The molecule has 0 nitrogen and oxygen atoms in total. The van der Waals surface area contributed by atoms with Crippen molar-refractivity contribution in [3.63, 3.8) is 0 Å². The van der Waals surface area contributed by atoms with Gasteiger partial charge in [-0.15, -0.1) is 12.3 Å². The molecule has 1 saturated carbocycles. The van der Waals surface area contributed by atoms with Crippen molar-refractivity contribution in [1.82, 2.24) is 0 Å². The summed E-state index contributed by atoms with van der Waals surface area (Å²) in [5, 5.41) is 0. The molecule has 16 heavy (non-hydrogen) atoms. The van der Waals surface area contributed by atoms with Gasteiger partial charge in [-0.1, -0.05) is 52.2 Å². The Morgan fingerprint density at radius 2 is 1.75 bits per heavy atom. The van der Waals surface area contributed by atoms with Crippen molar-refractivity contribution in [2.45, 2.75) is 52.9 Å². The van der Waals surface area contributed by atoms with Crippen LogP contribution in [0.25, 0.3) is 0 Å². The van der Waals surface area contributed by atoms with E-state index in [1.807, 2.05) is 0 Å². The second kappa shape index (κ2) is 6.79. The van der Waals surface area contributed by atoms with Crippen molar-refractivity contribution in [2.75, 3.05) is 0 Å². The molecule has 0 amide bonds. The zero-order chi connectivity index (χ0) is 12.0. The summed E-state index contributed by atoms with van der Waals surface area (Å²) in [6.45, 7) is 6.70. The normalized spacial score (nSPS) is 23.9. The van der Waals surface area contributed by atoms with Gasteiger partial charge in [0.1, 0.15) is 0 Å². The van der Waals surface area contributed by atoms with Gasteiger partial charge in [0.2, 0.25) is 0 Å². The summed E-state index contributed by atoms with van der Waals surface area (Å²) < 4.78 is 0. The molecular formula is C16H26. The van der Waals surface area contributed by atoms with Gasteiger partial charge in [0, 0.05) is 5.92 Å². The fourth-order valence-electron chi connectivity index (χ4n) is 2.44. The van der Waals surface area contributed by atoms with Crippen LogP contribution in [0.2, 0.25) is 0 Å². The van der Waals surface area contributed by atoms with E-state index in [2.05, 4.69) is 38.8 Å². The molecule has 0 radical (unpaired) electrons. The number of hydrogen-bond donors (Lipinski definition) is 0. The Bertz CT molecular complexity index is 250. The monoisotopic (exact) mass is 218 g/mol. The Balaban J connectivity index is 2.40. The second-order valence-electron chi connectivity index (χ2n) is 5.46. The lowest BCUT2D eigenvalue weighted by Crippen LogP contribution is -2.14. The van der Waals surface area contributed by atoms with Gasteiger partial charge in [-0.2, -0.15) is 0 Å². The summed E-state index contributed by atoms with van der Waals surface area (Å²) in [5.74, 6) is 5.26. The maximum atomic E-state index is 5.48. The first kappa shape index (κ1) is 13.4. The molecule has 0 aliphatic heterocycles. The molecule has 1 aliphatic rings. The van der Waals surface area contributed by atoms with E-state index in [4.69, 9.17) is 6.42 Å². The first-order valence-corrected chi connectivity index (χ1v) is 6.79. The fourth-order valence-corrected chi connectivity index (χ4v) is 2.44. The van der Waals surface area contributed by atoms with Crippen LogP contribution in [-0.4, -0.2) is 0 Å². The molecule has 90 valence electrons. The van der Waals surface area contributed by atoms with Crippen molar-refractivity contribution >= 4 is 0 Å². The van der Waals surface area contributed by atoms with Crippen molar-refractivity contribution in [3.8, 4) is 12.3 Å². The van der Waals surface area contributed by atoms with Crippen LogP contribution in [0.1, 0.15) is 52.9 Å². The van der Waals surface area contributed by atoms with Crippen LogP contribution in [0, 0.1) is 36.0 Å². The van der Waals surface area contributed by atoms with E-state index < -0.39 is 0 Å². The van der Waals surface area contributed by atoms with Crippen LogP contribution < -0.4 is 0 Å². The summed E-state index contributed by atoms with van der Waals surface area (Å²) in [6.07, 6.45) is 17.4. The predicted molar refractivity (Wildman–Crippen MR) is 72.0 cm³/mol. The molecule has 0 spiro atoms. The van der Waals surface area contributed by atoms with Crippen LogP contribution in [0.5, 0.6) is 0 Å². The van der Waals surface area contributed by atoms with Gasteiger partial charge in [0.25, 0.3) is 0 Å². The number of hydrogen-bond acceptors (Lipinski definition) is 0. The Labute approximate surface area is 102 Å². The van der Waals surface area contributed by atoms with Gasteiger partial charge in [-0.3, -0.25) is 0 Å². The molecule has 3 atom stereocenters. The van der Waals surface area contributed by atoms with Gasteiger partial charge in [0.15, 0.2) is 0 Å². The number of allylic oxidation sites excluding steroid dienone is 2. The van der Waals surface area contributed by atoms with E-state index in [0.29, 0.717) is 17.8 Å². The Morgan fingerprint density at radius 1 is 1.12 bits per heavy atom. The lowest BCUT2D eigenvalue weighted by Gasteiger charge is -2.22. The van der Waals surface area contributed by atoms with Gasteiger partial charge in [0.05, 0.1) is 0 Å². The van der Waals surface area contributed by atoms with E-state index in [-0.39, 0.29) is 0 Å². The van der Waals surface area contributed by atoms with Gasteiger partial charge < -0.3 is 0 Å². The van der Waals surface area contributed by atoms with Gasteiger partial charge in [-0.05, 0) is 30.6 Å². The SMILES string of the molecule is C#C[C@H](C)[C@H](C)[C@@H](C)/C=C/C1CCCCC1. The lowest BCUT2D eigenvalue weighted by molar-refractivity contribution is 0.375. The number of rotatable bonds is 4. The zero-order valence-electron chi connectivity index (χ0n) is 11.1. The van der Waals surface area contributed by atoms with Crippen LogP contribution in [0.4, 0.5) is 0 Å². The predicted octanol–water partition coefficient (Wildman–Crippen LogP) is 4.66. The topological polar surface area (TPSA) is 0 Å². The van der Waals surface area contributed by atoms with E-state index in [9.17, 15) is 0 Å². The molecule has 1 aliphatic carbocycles. The van der Waals surface area contributed by atoms with Gasteiger partial charge in [-0.25, -0.2) is 0 Å². The van der Waals surface area contributed by atoms with E-state index in [1.54, 1.807) is 0 Å². The third-order valence-corrected chi connectivity index (χ3v) is 4.22. The summed E-state index contributed by atoms with van der Waals surface area (Å²) in [6, 6.07) is 0. The van der Waals surface area contributed by atoms with Crippen molar-refractivity contribution < 1.29 is 0 Å². The molecule has 1 rings (SSSR count). The van der Waals surface area contributed by atoms with Crippen molar-refractivity contribution in [3.05, 3.63) is 12.2 Å². The van der Waals surface area contributed by atoms with Gasteiger partial charge >= 0.3 is 0 Å². The molecule has 0 unspecified atom stereocenters. The minimum absolute atomic E-state index is 0.381. The third-order valence-electron chi connectivity index (χ3n) is 4.22. The lowest BCUT2D eigenvalue weighted by atomic mass is 9.83. The van der Waals surface area contributed by atoms with Crippen LogP contribution >= 0.6 is 0 Å². The minimum atomic E-state index is 0.381. The van der Waals surface area contributed by atoms with Crippen molar-refractivity contribution in [1.29, 1.82) is 0 Å². The standard InChI is InChI=1S/C16H26/c1-5-13(2)15(4)14(3)11-12-16-9-7-6-8-10-16/h1,11-16H,6-10H2,2-4H3/b12-11+/t13-,14-,15-/m0/s1. The Morgan fingerprint density at radius 3 is 2.31 bits per heavy atom. The van der Waals surface area contributed by atoms with Crippen LogP contribution in [0.3, 0.4) is 0 Å². The highest BCUT2D eigenvalue weighted by molar-refractivity contribution is 4.99. The molecule has 0 aromatic carbocycles. The summed E-state index contributed by atoms with van der Waals surface area (Å²) in [5.41, 5.74) is 0. The molecule has 0 aromatic heterocycles. The minimum Gasteiger partial charge on any atom is -0.120 e.